The first kappa shape index (κ1) is 8.72. The summed E-state index contributed by atoms with van der Waals surface area (Å²) in [7, 11) is 1.73. The van der Waals surface area contributed by atoms with Gasteiger partial charge in [-0.2, -0.15) is 0 Å². The Morgan fingerprint density at radius 2 is 2.62 bits per heavy atom. The van der Waals surface area contributed by atoms with Crippen LogP contribution in [0.2, 0.25) is 0 Å². The maximum Gasteiger partial charge on any atom is 0.0953 e. The third kappa shape index (κ3) is 1.73. The second-order valence-corrected chi connectivity index (χ2v) is 3.25. The van der Waals surface area contributed by atoms with Crippen LogP contribution in [0, 0.1) is 0 Å². The summed E-state index contributed by atoms with van der Waals surface area (Å²) < 4.78 is 7.24. The highest BCUT2D eigenvalue weighted by Gasteiger charge is 2.13. The van der Waals surface area contributed by atoms with Crippen molar-refractivity contribution in [3.8, 4) is 0 Å². The quantitative estimate of drug-likeness (QED) is 0.722. The van der Waals surface area contributed by atoms with Gasteiger partial charge >= 0.3 is 0 Å². The van der Waals surface area contributed by atoms with Crippen LogP contribution in [-0.4, -0.2) is 29.8 Å². The fourth-order valence-electron chi connectivity index (χ4n) is 1.68. The molecule has 4 heteroatoms. The molecule has 0 amide bonds. The van der Waals surface area contributed by atoms with Crippen molar-refractivity contribution in [3.63, 3.8) is 0 Å². The van der Waals surface area contributed by atoms with Crippen LogP contribution in [0.5, 0.6) is 0 Å². The Kier molecular flexibility index (Phi) is 2.61. The van der Waals surface area contributed by atoms with Crippen molar-refractivity contribution in [1.29, 1.82) is 0 Å². The molecule has 4 nitrogen and oxygen atoms in total. The third-order valence-corrected chi connectivity index (χ3v) is 2.40. The van der Waals surface area contributed by atoms with Crippen LogP contribution >= 0.6 is 0 Å². The summed E-state index contributed by atoms with van der Waals surface area (Å²) in [6.45, 7) is 3.65. The lowest BCUT2D eigenvalue weighted by Crippen LogP contribution is -2.25. The predicted molar refractivity (Wildman–Crippen MR) is 49.5 cm³/mol. The van der Waals surface area contributed by atoms with Crippen molar-refractivity contribution in [2.75, 3.05) is 20.3 Å². The summed E-state index contributed by atoms with van der Waals surface area (Å²) in [5, 5.41) is 3.30. The zero-order chi connectivity index (χ0) is 9.10. The molecule has 0 saturated heterocycles. The zero-order valence-electron chi connectivity index (χ0n) is 7.92. The molecule has 0 radical (unpaired) electrons. The fraction of sp³-hybridized carbons (Fsp3) is 0.667. The van der Waals surface area contributed by atoms with Gasteiger partial charge in [0.25, 0.3) is 0 Å². The minimum atomic E-state index is 0.760. The monoisotopic (exact) mass is 181 g/mol. The molecule has 2 heterocycles. The Balaban J connectivity index is 2.12. The van der Waals surface area contributed by atoms with Gasteiger partial charge in [0, 0.05) is 38.9 Å². The molecule has 1 aliphatic heterocycles. The minimum Gasteiger partial charge on any atom is -0.383 e. The summed E-state index contributed by atoms with van der Waals surface area (Å²) in [6.07, 6.45) is 3.00. The van der Waals surface area contributed by atoms with Gasteiger partial charge in [0.1, 0.15) is 0 Å². The third-order valence-electron chi connectivity index (χ3n) is 2.40. The van der Waals surface area contributed by atoms with Crippen LogP contribution in [0.1, 0.15) is 11.4 Å². The van der Waals surface area contributed by atoms with Crippen molar-refractivity contribution in [2.24, 2.45) is 0 Å². The van der Waals surface area contributed by atoms with Gasteiger partial charge in [-0.25, -0.2) is 4.98 Å². The molecule has 0 aromatic carbocycles. The lowest BCUT2D eigenvalue weighted by molar-refractivity contribution is 0.186. The number of nitrogens with one attached hydrogen (secondary N) is 1. The van der Waals surface area contributed by atoms with Crippen molar-refractivity contribution in [2.45, 2.75) is 19.5 Å². The maximum absolute atomic E-state index is 5.04. The number of fused-ring (bicyclic) bond motifs is 1. The van der Waals surface area contributed by atoms with E-state index in [0.717, 1.165) is 32.7 Å². The molecule has 0 unspecified atom stereocenters. The number of hydrogen-bond acceptors (Lipinski definition) is 3. The average molecular weight is 181 g/mol. The standard InChI is InChI=1S/C9H15N3O/c1-13-5-4-12-7-11-8-6-10-3-2-9(8)12/h7,10H,2-6H2,1H3. The molecule has 1 aliphatic rings. The first-order valence-corrected chi connectivity index (χ1v) is 4.64. The number of hydrogen-bond donors (Lipinski definition) is 1. The molecule has 0 bridgehead atoms. The molecule has 13 heavy (non-hydrogen) atoms. The van der Waals surface area contributed by atoms with Gasteiger partial charge in [-0.3, -0.25) is 0 Å². The van der Waals surface area contributed by atoms with E-state index in [1.807, 2.05) is 6.33 Å². The van der Waals surface area contributed by atoms with Gasteiger partial charge in [-0.05, 0) is 0 Å². The first-order chi connectivity index (χ1) is 6.42. The summed E-state index contributed by atoms with van der Waals surface area (Å²) in [6, 6.07) is 0. The molecular weight excluding hydrogens is 166 g/mol. The minimum absolute atomic E-state index is 0.760. The SMILES string of the molecule is COCCn1cnc2c1CCNC2. The maximum atomic E-state index is 5.04. The number of rotatable bonds is 3. The summed E-state index contributed by atoms with van der Waals surface area (Å²) in [4.78, 5) is 4.35. The van der Waals surface area contributed by atoms with Crippen LogP contribution < -0.4 is 5.32 Å². The van der Waals surface area contributed by atoms with E-state index in [9.17, 15) is 0 Å². The molecule has 1 aromatic rings. The van der Waals surface area contributed by atoms with Gasteiger partial charge in [0.05, 0.1) is 18.6 Å². The van der Waals surface area contributed by atoms with Crippen molar-refractivity contribution < 1.29 is 4.74 Å². The normalized spacial score (nSPS) is 15.8. The molecule has 0 atom stereocenters. The van der Waals surface area contributed by atoms with Crippen molar-refractivity contribution >= 4 is 0 Å². The number of imidazole rings is 1. The average Bonchev–Trinajstić information content (AvgIpc) is 2.58. The summed E-state index contributed by atoms with van der Waals surface area (Å²) in [5.74, 6) is 0. The van der Waals surface area contributed by atoms with Crippen LogP contribution in [0.4, 0.5) is 0 Å². The smallest absolute Gasteiger partial charge is 0.0953 e. The first-order valence-electron chi connectivity index (χ1n) is 4.64. The van der Waals surface area contributed by atoms with Crippen LogP contribution in [-0.2, 0) is 24.2 Å². The number of nitrogens with zero attached hydrogens (tertiary/aromatic N) is 2. The van der Waals surface area contributed by atoms with Crippen LogP contribution in [0.25, 0.3) is 0 Å². The Morgan fingerprint density at radius 3 is 3.46 bits per heavy atom. The number of ether oxygens (including phenoxy) is 1. The molecule has 72 valence electrons. The highest BCUT2D eigenvalue weighted by Crippen LogP contribution is 2.11. The molecule has 2 rings (SSSR count). The summed E-state index contributed by atoms with van der Waals surface area (Å²) in [5.41, 5.74) is 2.57. The Hall–Kier alpha value is -0.870. The van der Waals surface area contributed by atoms with E-state index in [1.54, 1.807) is 7.11 Å². The molecule has 1 aromatic heterocycles. The molecule has 0 fully saturated rings. The Bertz CT molecular complexity index is 282. The van der Waals surface area contributed by atoms with E-state index in [4.69, 9.17) is 4.74 Å². The largest absolute Gasteiger partial charge is 0.383 e. The van der Waals surface area contributed by atoms with E-state index in [-0.39, 0.29) is 0 Å². The highest BCUT2D eigenvalue weighted by molar-refractivity contribution is 5.16. The molecular formula is C9H15N3O. The van der Waals surface area contributed by atoms with Gasteiger partial charge < -0.3 is 14.6 Å². The number of methoxy groups -OCH3 is 1. The van der Waals surface area contributed by atoms with Crippen LogP contribution in [0.15, 0.2) is 6.33 Å². The van der Waals surface area contributed by atoms with Crippen LogP contribution in [0.3, 0.4) is 0 Å². The second kappa shape index (κ2) is 3.89. The lowest BCUT2D eigenvalue weighted by Gasteiger charge is -2.14. The van der Waals surface area contributed by atoms with Gasteiger partial charge in [-0.15, -0.1) is 0 Å². The Morgan fingerprint density at radius 1 is 1.69 bits per heavy atom. The highest BCUT2D eigenvalue weighted by atomic mass is 16.5. The molecule has 0 spiro atoms. The van der Waals surface area contributed by atoms with E-state index in [1.165, 1.54) is 11.4 Å². The number of aromatic nitrogens is 2. The topological polar surface area (TPSA) is 39.1 Å². The van der Waals surface area contributed by atoms with E-state index in [0.29, 0.717) is 0 Å². The zero-order valence-corrected chi connectivity index (χ0v) is 7.92. The molecule has 0 saturated carbocycles. The molecule has 0 aliphatic carbocycles. The van der Waals surface area contributed by atoms with Gasteiger partial charge in [-0.1, -0.05) is 0 Å². The van der Waals surface area contributed by atoms with Crippen molar-refractivity contribution in [1.82, 2.24) is 14.9 Å². The van der Waals surface area contributed by atoms with E-state index < -0.39 is 0 Å². The fourth-order valence-corrected chi connectivity index (χ4v) is 1.68. The van der Waals surface area contributed by atoms with Gasteiger partial charge in [0.2, 0.25) is 0 Å². The predicted octanol–water partition coefficient (Wildman–Crippen LogP) is 0.175. The van der Waals surface area contributed by atoms with Gasteiger partial charge in [0.15, 0.2) is 0 Å². The van der Waals surface area contributed by atoms with E-state index in [2.05, 4.69) is 14.9 Å². The summed E-state index contributed by atoms with van der Waals surface area (Å²) >= 11 is 0. The second-order valence-electron chi connectivity index (χ2n) is 3.25. The van der Waals surface area contributed by atoms with E-state index >= 15 is 0 Å². The molecule has 1 N–H and O–H groups in total. The lowest BCUT2D eigenvalue weighted by atomic mass is 10.2. The Labute approximate surface area is 77.9 Å². The van der Waals surface area contributed by atoms with Crippen molar-refractivity contribution in [3.05, 3.63) is 17.7 Å².